The van der Waals surface area contributed by atoms with E-state index in [1.165, 1.54) is 0 Å². The predicted octanol–water partition coefficient (Wildman–Crippen LogP) is 1.86. The third-order valence-electron chi connectivity index (χ3n) is 5.22. The van der Waals surface area contributed by atoms with Gasteiger partial charge in [0.2, 0.25) is 5.91 Å². The Kier molecular flexibility index (Phi) is 4.03. The van der Waals surface area contributed by atoms with Crippen LogP contribution in [0.2, 0.25) is 0 Å². The van der Waals surface area contributed by atoms with Crippen molar-refractivity contribution < 1.29 is 19.1 Å². The first-order chi connectivity index (χ1) is 12.1. The highest BCUT2D eigenvalue weighted by molar-refractivity contribution is 6.10. The second kappa shape index (κ2) is 6.35. The summed E-state index contributed by atoms with van der Waals surface area (Å²) < 4.78 is 5.04. The summed E-state index contributed by atoms with van der Waals surface area (Å²) in [6.45, 7) is 1.80. The third kappa shape index (κ3) is 2.92. The summed E-state index contributed by atoms with van der Waals surface area (Å²) in [4.78, 5) is 40.0. The van der Waals surface area contributed by atoms with Gasteiger partial charge in [-0.15, -0.1) is 0 Å². The molecule has 1 aromatic carbocycles. The quantitative estimate of drug-likeness (QED) is 0.842. The number of Topliss-reactive ketones (excluding diaryl/α,β-unsaturated/α-hetero) is 1. The maximum atomic E-state index is 12.7. The summed E-state index contributed by atoms with van der Waals surface area (Å²) in [7, 11) is 0. The van der Waals surface area contributed by atoms with Crippen LogP contribution in [-0.2, 0) is 14.3 Å². The molecule has 1 aromatic rings. The summed E-state index contributed by atoms with van der Waals surface area (Å²) in [6.07, 6.45) is 1.03. The largest absolute Gasteiger partial charge is 0.447 e. The maximum absolute atomic E-state index is 12.7. The van der Waals surface area contributed by atoms with Crippen LogP contribution >= 0.6 is 0 Å². The van der Waals surface area contributed by atoms with Crippen molar-refractivity contribution in [3.63, 3.8) is 0 Å². The van der Waals surface area contributed by atoms with Gasteiger partial charge in [-0.25, -0.2) is 4.79 Å². The number of ketones is 1. The number of fused-ring (bicyclic) bond motifs is 1. The van der Waals surface area contributed by atoms with E-state index in [-0.39, 0.29) is 30.2 Å². The first kappa shape index (κ1) is 15.9. The van der Waals surface area contributed by atoms with Crippen LogP contribution < -0.4 is 0 Å². The van der Waals surface area contributed by atoms with E-state index in [2.05, 4.69) is 0 Å². The Hall–Kier alpha value is -2.63. The molecule has 4 rings (SSSR count). The molecule has 2 fully saturated rings. The van der Waals surface area contributed by atoms with Gasteiger partial charge in [0.1, 0.15) is 6.61 Å². The molecule has 2 saturated heterocycles. The van der Waals surface area contributed by atoms with Gasteiger partial charge in [0.15, 0.2) is 5.78 Å². The van der Waals surface area contributed by atoms with E-state index in [0.717, 1.165) is 11.1 Å². The van der Waals surface area contributed by atoms with Crippen molar-refractivity contribution in [2.75, 3.05) is 26.2 Å². The lowest BCUT2D eigenvalue weighted by molar-refractivity contribution is -0.133. The SMILES string of the molecule is O=C1CCC(c2ccccc2)=C1CC(=O)N1CCN2C(=O)OC[C@H]2C1. The molecule has 0 aromatic heterocycles. The molecule has 0 bridgehead atoms. The fraction of sp³-hybridized carbons (Fsp3) is 0.421. The molecule has 0 radical (unpaired) electrons. The zero-order valence-electron chi connectivity index (χ0n) is 13.9. The number of hydrogen-bond donors (Lipinski definition) is 0. The summed E-state index contributed by atoms with van der Waals surface area (Å²) >= 11 is 0. The number of hydrogen-bond acceptors (Lipinski definition) is 4. The molecule has 0 unspecified atom stereocenters. The molecule has 1 atom stereocenters. The van der Waals surface area contributed by atoms with Gasteiger partial charge in [-0.1, -0.05) is 30.3 Å². The van der Waals surface area contributed by atoms with E-state index >= 15 is 0 Å². The molecule has 3 aliphatic rings. The Bertz CT molecular complexity index is 756. The number of benzene rings is 1. The molecule has 0 spiro atoms. The third-order valence-corrected chi connectivity index (χ3v) is 5.22. The van der Waals surface area contributed by atoms with Crippen LogP contribution in [0.25, 0.3) is 5.57 Å². The molecular formula is C19H20N2O4. The molecule has 6 nitrogen and oxygen atoms in total. The summed E-state index contributed by atoms with van der Waals surface area (Å²) in [6, 6.07) is 9.74. The molecule has 0 N–H and O–H groups in total. The molecule has 2 amide bonds. The number of piperazine rings is 1. The zero-order valence-corrected chi connectivity index (χ0v) is 13.9. The first-order valence-corrected chi connectivity index (χ1v) is 8.65. The summed E-state index contributed by atoms with van der Waals surface area (Å²) in [5, 5.41) is 0. The normalized spacial score (nSPS) is 23.1. The molecule has 25 heavy (non-hydrogen) atoms. The van der Waals surface area contributed by atoms with E-state index in [4.69, 9.17) is 4.74 Å². The van der Waals surface area contributed by atoms with Crippen LogP contribution in [-0.4, -0.2) is 59.9 Å². The van der Waals surface area contributed by atoms with Gasteiger partial charge in [-0.3, -0.25) is 14.5 Å². The Balaban J connectivity index is 1.50. The number of rotatable bonds is 3. The monoisotopic (exact) mass is 340 g/mol. The fourth-order valence-electron chi connectivity index (χ4n) is 3.85. The summed E-state index contributed by atoms with van der Waals surface area (Å²) in [5.41, 5.74) is 2.67. The minimum Gasteiger partial charge on any atom is -0.447 e. The highest BCUT2D eigenvalue weighted by atomic mass is 16.6. The molecule has 0 saturated carbocycles. The lowest BCUT2D eigenvalue weighted by Crippen LogP contribution is -2.53. The second-order valence-electron chi connectivity index (χ2n) is 6.69. The van der Waals surface area contributed by atoms with Gasteiger partial charge in [0.25, 0.3) is 0 Å². The molecule has 2 heterocycles. The lowest BCUT2D eigenvalue weighted by atomic mass is 9.99. The van der Waals surface area contributed by atoms with Gasteiger partial charge >= 0.3 is 6.09 Å². The van der Waals surface area contributed by atoms with Crippen molar-refractivity contribution in [1.82, 2.24) is 9.80 Å². The number of ether oxygens (including phenoxy) is 1. The number of nitrogens with zero attached hydrogens (tertiary/aromatic N) is 2. The number of carbonyl (C=O) groups excluding carboxylic acids is 3. The smallest absolute Gasteiger partial charge is 0.410 e. The van der Waals surface area contributed by atoms with Crippen LogP contribution in [0.1, 0.15) is 24.8 Å². The van der Waals surface area contributed by atoms with Crippen LogP contribution in [0.3, 0.4) is 0 Å². The average Bonchev–Trinajstić information content (AvgIpc) is 3.19. The van der Waals surface area contributed by atoms with Crippen LogP contribution in [0, 0.1) is 0 Å². The zero-order chi connectivity index (χ0) is 17.4. The van der Waals surface area contributed by atoms with Crippen molar-refractivity contribution in [3.8, 4) is 0 Å². The van der Waals surface area contributed by atoms with Crippen LogP contribution in [0.4, 0.5) is 4.79 Å². The molecule has 130 valence electrons. The second-order valence-corrected chi connectivity index (χ2v) is 6.69. The van der Waals surface area contributed by atoms with Crippen molar-refractivity contribution in [3.05, 3.63) is 41.5 Å². The number of cyclic esters (lactones) is 1. The molecular weight excluding hydrogens is 320 g/mol. The van der Waals surface area contributed by atoms with E-state index in [9.17, 15) is 14.4 Å². The van der Waals surface area contributed by atoms with E-state index in [1.54, 1.807) is 9.80 Å². The van der Waals surface area contributed by atoms with Gasteiger partial charge < -0.3 is 9.64 Å². The van der Waals surface area contributed by atoms with Crippen molar-refractivity contribution in [2.45, 2.75) is 25.3 Å². The van der Waals surface area contributed by atoms with Gasteiger partial charge in [0, 0.05) is 31.6 Å². The minimum atomic E-state index is -0.294. The Morgan fingerprint density at radius 2 is 1.92 bits per heavy atom. The molecule has 1 aliphatic carbocycles. The van der Waals surface area contributed by atoms with Gasteiger partial charge in [0.05, 0.1) is 12.5 Å². The first-order valence-electron chi connectivity index (χ1n) is 8.65. The van der Waals surface area contributed by atoms with Gasteiger partial charge in [-0.2, -0.15) is 0 Å². The van der Waals surface area contributed by atoms with Crippen LogP contribution in [0.15, 0.2) is 35.9 Å². The predicted molar refractivity (Wildman–Crippen MR) is 90.6 cm³/mol. The maximum Gasteiger partial charge on any atom is 0.410 e. The average molecular weight is 340 g/mol. The number of amides is 2. The fourth-order valence-corrected chi connectivity index (χ4v) is 3.85. The van der Waals surface area contributed by atoms with E-state index in [1.807, 2.05) is 30.3 Å². The number of carbonyl (C=O) groups is 3. The molecule has 2 aliphatic heterocycles. The van der Waals surface area contributed by atoms with E-state index in [0.29, 0.717) is 44.7 Å². The Morgan fingerprint density at radius 3 is 2.72 bits per heavy atom. The van der Waals surface area contributed by atoms with Crippen molar-refractivity contribution in [1.29, 1.82) is 0 Å². The van der Waals surface area contributed by atoms with Gasteiger partial charge in [-0.05, 0) is 17.6 Å². The standard InChI is InChI=1S/C19H20N2O4/c22-17-7-6-15(13-4-2-1-3-5-13)16(17)10-18(23)20-8-9-21-14(11-20)12-25-19(21)24/h1-5,14H,6-12H2/t14-/m1/s1. The van der Waals surface area contributed by atoms with Crippen LogP contribution in [0.5, 0.6) is 0 Å². The van der Waals surface area contributed by atoms with Crippen molar-refractivity contribution >= 4 is 23.4 Å². The Morgan fingerprint density at radius 1 is 1.12 bits per heavy atom. The highest BCUT2D eigenvalue weighted by Crippen LogP contribution is 2.33. The topological polar surface area (TPSA) is 66.9 Å². The summed E-state index contributed by atoms with van der Waals surface area (Å²) in [5.74, 6) is 0.0305. The molecule has 6 heteroatoms. The number of allylic oxidation sites excluding steroid dienone is 1. The minimum absolute atomic E-state index is 0.0438. The Labute approximate surface area is 146 Å². The van der Waals surface area contributed by atoms with E-state index < -0.39 is 0 Å². The van der Waals surface area contributed by atoms with Crippen molar-refractivity contribution in [2.24, 2.45) is 0 Å². The highest BCUT2D eigenvalue weighted by Gasteiger charge is 2.39. The lowest BCUT2D eigenvalue weighted by Gasteiger charge is -2.35.